The Balaban J connectivity index is 1.62. The number of hydrogen-bond donors (Lipinski definition) is 1. The first kappa shape index (κ1) is 24.1. The van der Waals surface area contributed by atoms with Crippen LogP contribution in [0.25, 0.3) is 0 Å². The number of nitrogens with zero attached hydrogens (tertiary/aromatic N) is 4. The maximum Gasteiger partial charge on any atom is 0.247 e. The normalized spacial score (nSPS) is 21.9. The Morgan fingerprint density at radius 3 is 2.48 bits per heavy atom. The molecule has 1 N–H and O–H groups in total. The van der Waals surface area contributed by atoms with E-state index in [2.05, 4.69) is 27.4 Å². The minimum Gasteiger partial charge on any atom is -0.366 e. The molecular weight excluding hydrogens is 438 g/mol. The number of anilines is 1. The quantitative estimate of drug-likeness (QED) is 0.550. The molecule has 2 aromatic rings. The molecule has 0 amide bonds. The summed E-state index contributed by atoms with van der Waals surface area (Å²) in [6.07, 6.45) is 10.6. The number of rotatable bonds is 7. The molecule has 0 bridgehead atoms. The van der Waals surface area contributed by atoms with Gasteiger partial charge in [0.15, 0.2) is 5.82 Å². The van der Waals surface area contributed by atoms with Crippen molar-refractivity contribution >= 4 is 15.8 Å². The summed E-state index contributed by atoms with van der Waals surface area (Å²) in [6, 6.07) is 1.47. The van der Waals surface area contributed by atoms with Crippen LogP contribution in [0.2, 0.25) is 0 Å². The van der Waals surface area contributed by atoms with Gasteiger partial charge in [-0.1, -0.05) is 44.7 Å². The van der Waals surface area contributed by atoms with Crippen molar-refractivity contribution < 1.29 is 12.9 Å². The standard InChI is InChI=1S/C24H37N5O3S/c1-16(2)24-27-22(28-32-24)20-12-9-13-29(20)33(30,31)21-14-17(3)15-25-23(21)26-18(4)19-10-7-5-6-8-11-19/h14-16,18-20H,5-13H2,1-4H3,(H,25,26)/t18-,20?/m1/s1. The molecule has 1 saturated carbocycles. The van der Waals surface area contributed by atoms with Crippen LogP contribution in [0.4, 0.5) is 5.82 Å². The Kier molecular flexibility index (Phi) is 7.38. The van der Waals surface area contributed by atoms with Gasteiger partial charge >= 0.3 is 0 Å². The smallest absolute Gasteiger partial charge is 0.247 e. The predicted octanol–water partition coefficient (Wildman–Crippen LogP) is 5.19. The van der Waals surface area contributed by atoms with Gasteiger partial charge in [0.25, 0.3) is 0 Å². The monoisotopic (exact) mass is 475 g/mol. The second kappa shape index (κ2) is 10.1. The third-order valence-corrected chi connectivity index (χ3v) is 8.92. The largest absolute Gasteiger partial charge is 0.366 e. The average molecular weight is 476 g/mol. The van der Waals surface area contributed by atoms with Gasteiger partial charge in [-0.15, -0.1) is 0 Å². The number of aryl methyl sites for hydroxylation is 1. The zero-order valence-electron chi connectivity index (χ0n) is 20.2. The highest BCUT2D eigenvalue weighted by molar-refractivity contribution is 7.89. The zero-order valence-corrected chi connectivity index (χ0v) is 21.1. The Morgan fingerprint density at radius 1 is 1.09 bits per heavy atom. The summed E-state index contributed by atoms with van der Waals surface area (Å²) in [7, 11) is -3.80. The lowest BCUT2D eigenvalue weighted by atomic mass is 9.93. The molecule has 0 aromatic carbocycles. The van der Waals surface area contributed by atoms with Crippen LogP contribution in [-0.2, 0) is 10.0 Å². The summed E-state index contributed by atoms with van der Waals surface area (Å²) < 4.78 is 34.7. The van der Waals surface area contributed by atoms with Crippen molar-refractivity contribution in [1.29, 1.82) is 0 Å². The summed E-state index contributed by atoms with van der Waals surface area (Å²) in [5.41, 5.74) is 0.818. The van der Waals surface area contributed by atoms with E-state index in [1.807, 2.05) is 20.8 Å². The Bertz CT molecular complexity index is 1040. The van der Waals surface area contributed by atoms with E-state index < -0.39 is 16.1 Å². The lowest BCUT2D eigenvalue weighted by molar-refractivity contribution is 0.338. The van der Waals surface area contributed by atoms with Crippen molar-refractivity contribution in [2.24, 2.45) is 5.92 Å². The lowest BCUT2D eigenvalue weighted by Crippen LogP contribution is -2.33. The number of hydrogen-bond acceptors (Lipinski definition) is 7. The van der Waals surface area contributed by atoms with E-state index in [0.29, 0.717) is 36.4 Å². The van der Waals surface area contributed by atoms with E-state index in [1.54, 1.807) is 12.3 Å². The van der Waals surface area contributed by atoms with Gasteiger partial charge in [0.05, 0.1) is 6.04 Å². The summed E-state index contributed by atoms with van der Waals surface area (Å²) in [4.78, 5) is 9.26. The molecule has 1 aliphatic carbocycles. The molecule has 1 saturated heterocycles. The molecule has 33 heavy (non-hydrogen) atoms. The van der Waals surface area contributed by atoms with Crippen molar-refractivity contribution in [2.75, 3.05) is 11.9 Å². The fourth-order valence-corrected chi connectivity index (χ4v) is 6.87. The van der Waals surface area contributed by atoms with E-state index in [9.17, 15) is 8.42 Å². The van der Waals surface area contributed by atoms with Crippen molar-refractivity contribution in [3.63, 3.8) is 0 Å². The van der Waals surface area contributed by atoms with Gasteiger partial charge in [-0.3, -0.25) is 0 Å². The fourth-order valence-electron chi connectivity index (χ4n) is 5.02. The molecule has 1 aliphatic heterocycles. The highest BCUT2D eigenvalue weighted by Gasteiger charge is 2.40. The van der Waals surface area contributed by atoms with Crippen LogP contribution in [0.15, 0.2) is 21.7 Å². The van der Waals surface area contributed by atoms with E-state index in [4.69, 9.17) is 4.52 Å². The lowest BCUT2D eigenvalue weighted by Gasteiger charge is -2.27. The van der Waals surface area contributed by atoms with E-state index in [0.717, 1.165) is 12.0 Å². The van der Waals surface area contributed by atoms with Gasteiger partial charge in [0.2, 0.25) is 15.9 Å². The highest BCUT2D eigenvalue weighted by Crippen LogP contribution is 2.38. The zero-order chi connectivity index (χ0) is 23.6. The van der Waals surface area contributed by atoms with Crippen molar-refractivity contribution in [3.8, 4) is 0 Å². The summed E-state index contributed by atoms with van der Waals surface area (Å²) in [5, 5.41) is 7.58. The molecule has 1 unspecified atom stereocenters. The SMILES string of the molecule is Cc1cnc(N[C@H](C)C2CCCCCC2)c(S(=O)(=O)N2CCCC2c2noc(C(C)C)n2)c1. The maximum absolute atomic E-state index is 13.9. The molecule has 0 spiro atoms. The van der Waals surface area contributed by atoms with Crippen LogP contribution in [0.3, 0.4) is 0 Å². The average Bonchev–Trinajstić information content (AvgIpc) is 3.39. The van der Waals surface area contributed by atoms with Crippen LogP contribution in [0, 0.1) is 12.8 Å². The first-order valence-corrected chi connectivity index (χ1v) is 13.8. The molecule has 9 heteroatoms. The van der Waals surface area contributed by atoms with Crippen LogP contribution < -0.4 is 5.32 Å². The number of aromatic nitrogens is 3. The Labute approximate surface area is 197 Å². The Morgan fingerprint density at radius 2 is 1.82 bits per heavy atom. The van der Waals surface area contributed by atoms with Crippen LogP contribution in [0.5, 0.6) is 0 Å². The molecule has 2 atom stereocenters. The topological polar surface area (TPSA) is 101 Å². The number of pyridine rings is 1. The molecule has 3 heterocycles. The van der Waals surface area contributed by atoms with Crippen LogP contribution >= 0.6 is 0 Å². The molecule has 2 fully saturated rings. The second-order valence-corrected chi connectivity index (χ2v) is 11.8. The molecule has 2 aromatic heterocycles. The first-order valence-electron chi connectivity index (χ1n) is 12.4. The Hall–Kier alpha value is -2.00. The molecule has 8 nitrogen and oxygen atoms in total. The third-order valence-electron chi connectivity index (χ3n) is 7.00. The van der Waals surface area contributed by atoms with Crippen LogP contribution in [-0.4, -0.2) is 40.4 Å². The van der Waals surface area contributed by atoms with Crippen LogP contribution in [0.1, 0.15) is 101 Å². The van der Waals surface area contributed by atoms with Gasteiger partial charge in [-0.2, -0.15) is 9.29 Å². The molecule has 4 rings (SSSR count). The van der Waals surface area contributed by atoms with E-state index in [1.165, 1.54) is 42.8 Å². The summed E-state index contributed by atoms with van der Waals surface area (Å²) in [5.74, 6) is 2.05. The van der Waals surface area contributed by atoms with Crippen molar-refractivity contribution in [1.82, 2.24) is 19.4 Å². The summed E-state index contributed by atoms with van der Waals surface area (Å²) >= 11 is 0. The van der Waals surface area contributed by atoms with E-state index in [-0.39, 0.29) is 16.9 Å². The minimum atomic E-state index is -3.80. The molecular formula is C24H37N5O3S. The fraction of sp³-hybridized carbons (Fsp3) is 0.708. The molecule has 182 valence electrons. The molecule has 2 aliphatic rings. The van der Waals surface area contributed by atoms with Crippen molar-refractivity contribution in [2.45, 2.75) is 102 Å². The molecule has 0 radical (unpaired) electrons. The van der Waals surface area contributed by atoms with Gasteiger partial charge in [-0.25, -0.2) is 13.4 Å². The maximum atomic E-state index is 13.9. The van der Waals surface area contributed by atoms with Crippen molar-refractivity contribution in [3.05, 3.63) is 29.5 Å². The predicted molar refractivity (Wildman–Crippen MR) is 128 cm³/mol. The number of nitrogens with one attached hydrogen (secondary N) is 1. The second-order valence-electron chi connectivity index (χ2n) is 9.96. The van der Waals surface area contributed by atoms with Gasteiger partial charge < -0.3 is 9.84 Å². The first-order chi connectivity index (χ1) is 15.8. The van der Waals surface area contributed by atoms with Gasteiger partial charge in [0.1, 0.15) is 10.7 Å². The van der Waals surface area contributed by atoms with Gasteiger partial charge in [0, 0.05) is 24.7 Å². The minimum absolute atomic E-state index is 0.0972. The van der Waals surface area contributed by atoms with Gasteiger partial charge in [-0.05, 0) is 57.1 Å². The number of sulfonamides is 1. The summed E-state index contributed by atoms with van der Waals surface area (Å²) in [6.45, 7) is 8.42. The van der Waals surface area contributed by atoms with E-state index >= 15 is 0 Å². The third kappa shape index (κ3) is 5.24. The highest BCUT2D eigenvalue weighted by atomic mass is 32.2.